The number of pyridine rings is 1. The van der Waals surface area contributed by atoms with Gasteiger partial charge in [0.05, 0.1) is 17.4 Å². The van der Waals surface area contributed by atoms with E-state index in [4.69, 9.17) is 0 Å². The van der Waals surface area contributed by atoms with Crippen molar-refractivity contribution in [2.75, 3.05) is 23.7 Å². The number of nitrogens with zero attached hydrogens (tertiary/aromatic N) is 2. The summed E-state index contributed by atoms with van der Waals surface area (Å²) in [6, 6.07) is 19.0. The molecule has 0 unspecified atom stereocenters. The zero-order valence-corrected chi connectivity index (χ0v) is 15.5. The fourth-order valence-electron chi connectivity index (χ4n) is 3.45. The van der Waals surface area contributed by atoms with E-state index < -0.39 is 0 Å². The first-order valence-corrected chi connectivity index (χ1v) is 9.46. The molecule has 6 nitrogen and oxygen atoms in total. The number of hydrogen-bond acceptors (Lipinski definition) is 3. The molecule has 1 aliphatic rings. The molecular weight excluding hydrogens is 352 g/mol. The van der Waals surface area contributed by atoms with Crippen LogP contribution in [0.25, 0.3) is 10.9 Å². The Morgan fingerprint density at radius 3 is 2.39 bits per heavy atom. The monoisotopic (exact) mass is 374 g/mol. The number of fused-ring (bicyclic) bond motifs is 1. The number of urea groups is 1. The Labute approximate surface area is 163 Å². The summed E-state index contributed by atoms with van der Waals surface area (Å²) in [5.74, 6) is -0.118. The van der Waals surface area contributed by atoms with Gasteiger partial charge in [-0.2, -0.15) is 0 Å². The number of aromatic nitrogens is 1. The Morgan fingerprint density at radius 2 is 1.61 bits per heavy atom. The van der Waals surface area contributed by atoms with E-state index in [9.17, 15) is 9.59 Å². The van der Waals surface area contributed by atoms with Crippen LogP contribution < -0.4 is 10.6 Å². The van der Waals surface area contributed by atoms with E-state index in [-0.39, 0.29) is 17.9 Å². The van der Waals surface area contributed by atoms with Gasteiger partial charge in [-0.3, -0.25) is 9.78 Å². The maximum atomic E-state index is 12.6. The first-order valence-electron chi connectivity index (χ1n) is 9.46. The molecule has 6 heteroatoms. The zero-order valence-electron chi connectivity index (χ0n) is 15.5. The number of anilines is 2. The van der Waals surface area contributed by atoms with E-state index in [2.05, 4.69) is 15.6 Å². The van der Waals surface area contributed by atoms with E-state index in [0.29, 0.717) is 31.6 Å². The minimum atomic E-state index is -0.121. The van der Waals surface area contributed by atoms with Crippen LogP contribution in [0.3, 0.4) is 0 Å². The zero-order chi connectivity index (χ0) is 19.3. The van der Waals surface area contributed by atoms with Gasteiger partial charge in [-0.1, -0.05) is 36.4 Å². The van der Waals surface area contributed by atoms with Crippen LogP contribution in [0.15, 0.2) is 66.9 Å². The number of rotatable bonds is 3. The second kappa shape index (κ2) is 8.08. The summed E-state index contributed by atoms with van der Waals surface area (Å²) in [6.45, 7) is 1.12. The average molecular weight is 374 g/mol. The summed E-state index contributed by atoms with van der Waals surface area (Å²) in [5.41, 5.74) is 2.38. The summed E-state index contributed by atoms with van der Waals surface area (Å²) >= 11 is 0. The molecule has 3 aromatic rings. The summed E-state index contributed by atoms with van der Waals surface area (Å²) in [7, 11) is 0. The SMILES string of the molecule is O=C(Nc1cnc2ccccc2c1)C1CCN(C(=O)Nc2ccccc2)CC1. The van der Waals surface area contributed by atoms with Crippen molar-refractivity contribution in [1.82, 2.24) is 9.88 Å². The second-order valence-corrected chi connectivity index (χ2v) is 6.96. The van der Waals surface area contributed by atoms with Gasteiger partial charge < -0.3 is 15.5 Å². The van der Waals surface area contributed by atoms with Gasteiger partial charge in [0.25, 0.3) is 0 Å². The quantitative estimate of drug-likeness (QED) is 0.724. The van der Waals surface area contributed by atoms with Gasteiger partial charge in [-0.05, 0) is 37.1 Å². The fraction of sp³-hybridized carbons (Fsp3) is 0.227. The van der Waals surface area contributed by atoms with Crippen molar-refractivity contribution < 1.29 is 9.59 Å². The summed E-state index contributed by atoms with van der Waals surface area (Å²) in [5, 5.41) is 6.85. The van der Waals surface area contributed by atoms with Gasteiger partial charge in [-0.25, -0.2) is 4.79 Å². The Balaban J connectivity index is 1.31. The molecule has 28 heavy (non-hydrogen) atoms. The van der Waals surface area contributed by atoms with Crippen LogP contribution in [-0.4, -0.2) is 34.9 Å². The normalized spacial score (nSPS) is 14.6. The first kappa shape index (κ1) is 18.0. The lowest BCUT2D eigenvalue weighted by atomic mass is 9.96. The lowest BCUT2D eigenvalue weighted by Gasteiger charge is -2.31. The summed E-state index contributed by atoms with van der Waals surface area (Å²) < 4.78 is 0. The molecule has 0 atom stereocenters. The lowest BCUT2D eigenvalue weighted by Crippen LogP contribution is -2.43. The van der Waals surface area contributed by atoms with Gasteiger partial charge >= 0.3 is 6.03 Å². The van der Waals surface area contributed by atoms with Crippen LogP contribution in [0.4, 0.5) is 16.2 Å². The molecule has 1 aromatic heterocycles. The third kappa shape index (κ3) is 4.11. The fourth-order valence-corrected chi connectivity index (χ4v) is 3.45. The molecule has 2 aromatic carbocycles. The van der Waals surface area contributed by atoms with Crippen molar-refractivity contribution >= 4 is 34.2 Å². The Hall–Kier alpha value is -3.41. The third-order valence-corrected chi connectivity index (χ3v) is 5.04. The van der Waals surface area contributed by atoms with Crippen molar-refractivity contribution in [3.8, 4) is 0 Å². The number of carbonyl (C=O) groups is 2. The average Bonchev–Trinajstić information content (AvgIpc) is 2.74. The van der Waals surface area contributed by atoms with E-state index in [1.165, 1.54) is 0 Å². The number of piperidine rings is 1. The van der Waals surface area contributed by atoms with Crippen LogP contribution in [-0.2, 0) is 4.79 Å². The number of carbonyl (C=O) groups excluding carboxylic acids is 2. The maximum absolute atomic E-state index is 12.6. The molecule has 4 rings (SSSR count). The minimum Gasteiger partial charge on any atom is -0.324 e. The topological polar surface area (TPSA) is 74.3 Å². The highest BCUT2D eigenvalue weighted by Gasteiger charge is 2.27. The predicted molar refractivity (Wildman–Crippen MR) is 110 cm³/mol. The van der Waals surface area contributed by atoms with Gasteiger partial charge in [0.15, 0.2) is 0 Å². The number of likely N-dealkylation sites (tertiary alicyclic amines) is 1. The molecule has 1 fully saturated rings. The van der Waals surface area contributed by atoms with E-state index >= 15 is 0 Å². The smallest absolute Gasteiger partial charge is 0.321 e. The molecule has 0 bridgehead atoms. The number of para-hydroxylation sites is 2. The largest absolute Gasteiger partial charge is 0.324 e. The standard InChI is InChI=1S/C22H22N4O2/c27-21(24-19-14-17-6-4-5-9-20(17)23-15-19)16-10-12-26(13-11-16)22(28)25-18-7-2-1-3-8-18/h1-9,14-16H,10-13H2,(H,24,27)(H,25,28). The summed E-state index contributed by atoms with van der Waals surface area (Å²) in [6.07, 6.45) is 2.98. The Kier molecular flexibility index (Phi) is 5.19. The van der Waals surface area contributed by atoms with Crippen molar-refractivity contribution in [2.45, 2.75) is 12.8 Å². The highest BCUT2D eigenvalue weighted by Crippen LogP contribution is 2.22. The maximum Gasteiger partial charge on any atom is 0.321 e. The molecule has 2 N–H and O–H groups in total. The van der Waals surface area contributed by atoms with Crippen molar-refractivity contribution in [3.63, 3.8) is 0 Å². The van der Waals surface area contributed by atoms with Crippen molar-refractivity contribution in [1.29, 1.82) is 0 Å². The van der Waals surface area contributed by atoms with Crippen LogP contribution in [0.5, 0.6) is 0 Å². The van der Waals surface area contributed by atoms with Crippen LogP contribution in [0, 0.1) is 5.92 Å². The predicted octanol–water partition coefficient (Wildman–Crippen LogP) is 4.12. The van der Waals surface area contributed by atoms with Gasteiger partial charge in [0, 0.05) is 30.1 Å². The molecule has 3 amide bonds. The summed E-state index contributed by atoms with van der Waals surface area (Å²) in [4.78, 5) is 31.1. The van der Waals surface area contributed by atoms with Crippen molar-refractivity contribution in [2.24, 2.45) is 5.92 Å². The molecule has 1 aliphatic heterocycles. The second-order valence-electron chi connectivity index (χ2n) is 6.96. The molecule has 0 radical (unpaired) electrons. The lowest BCUT2D eigenvalue weighted by molar-refractivity contribution is -0.121. The number of amides is 3. The Bertz CT molecular complexity index is 982. The van der Waals surface area contributed by atoms with Gasteiger partial charge in [0.1, 0.15) is 0 Å². The molecular formula is C22H22N4O2. The Morgan fingerprint density at radius 1 is 0.893 bits per heavy atom. The van der Waals surface area contributed by atoms with Gasteiger partial charge in [-0.15, -0.1) is 0 Å². The van der Waals surface area contributed by atoms with Crippen molar-refractivity contribution in [3.05, 3.63) is 66.9 Å². The van der Waals surface area contributed by atoms with E-state index in [1.54, 1.807) is 11.1 Å². The highest BCUT2D eigenvalue weighted by molar-refractivity contribution is 5.95. The van der Waals surface area contributed by atoms with Crippen LogP contribution in [0.2, 0.25) is 0 Å². The molecule has 0 saturated carbocycles. The van der Waals surface area contributed by atoms with Crippen LogP contribution in [0.1, 0.15) is 12.8 Å². The molecule has 2 heterocycles. The third-order valence-electron chi connectivity index (χ3n) is 5.04. The number of hydrogen-bond donors (Lipinski definition) is 2. The molecule has 0 aliphatic carbocycles. The highest BCUT2D eigenvalue weighted by atomic mass is 16.2. The number of nitrogens with one attached hydrogen (secondary N) is 2. The number of benzene rings is 2. The van der Waals surface area contributed by atoms with Crippen LogP contribution >= 0.6 is 0 Å². The van der Waals surface area contributed by atoms with E-state index in [0.717, 1.165) is 16.6 Å². The molecule has 142 valence electrons. The molecule has 0 spiro atoms. The molecule has 1 saturated heterocycles. The first-order chi connectivity index (χ1) is 13.7. The van der Waals surface area contributed by atoms with E-state index in [1.807, 2.05) is 60.7 Å². The van der Waals surface area contributed by atoms with Gasteiger partial charge in [0.2, 0.25) is 5.91 Å². The minimum absolute atomic E-state index is 0.0137.